The molecule has 0 aromatic heterocycles. The summed E-state index contributed by atoms with van der Waals surface area (Å²) in [7, 11) is 0. The number of cyclic esters (lactones) is 1. The quantitative estimate of drug-likeness (QED) is 0.558. The molecule has 1 fully saturated rings. The summed E-state index contributed by atoms with van der Waals surface area (Å²) >= 11 is 0. The second-order valence-electron chi connectivity index (χ2n) is 8.42. The Labute approximate surface area is 182 Å². The van der Waals surface area contributed by atoms with Crippen LogP contribution in [-0.4, -0.2) is 16.9 Å². The Balaban J connectivity index is 1.41. The van der Waals surface area contributed by atoms with Crippen LogP contribution in [0, 0.1) is 5.92 Å². The first-order valence-corrected chi connectivity index (χ1v) is 10.9. The van der Waals surface area contributed by atoms with Gasteiger partial charge in [-0.2, -0.15) is 0 Å². The van der Waals surface area contributed by atoms with E-state index in [1.807, 2.05) is 60.7 Å². The topological polar surface area (TPSA) is 46.6 Å². The molecular weight excluding hydrogens is 386 g/mol. The third-order valence-corrected chi connectivity index (χ3v) is 6.44. The van der Waals surface area contributed by atoms with Gasteiger partial charge in [-0.1, -0.05) is 84.9 Å². The van der Waals surface area contributed by atoms with E-state index in [-0.39, 0.29) is 11.8 Å². The molecule has 3 aromatic carbocycles. The van der Waals surface area contributed by atoms with Gasteiger partial charge in [0.15, 0.2) is 6.10 Å². The van der Waals surface area contributed by atoms with Crippen LogP contribution in [0.1, 0.15) is 47.2 Å². The summed E-state index contributed by atoms with van der Waals surface area (Å²) < 4.78 is 5.76. The number of nitrogens with zero attached hydrogens (tertiary/aromatic N) is 1. The third kappa shape index (κ3) is 3.86. The van der Waals surface area contributed by atoms with Crippen molar-refractivity contribution in [2.75, 3.05) is 0 Å². The first-order chi connectivity index (χ1) is 15.2. The molecule has 5 rings (SSSR count). The number of amides is 2. The highest BCUT2D eigenvalue weighted by molar-refractivity contribution is 5.94. The third-order valence-electron chi connectivity index (χ3n) is 6.44. The van der Waals surface area contributed by atoms with Gasteiger partial charge < -0.3 is 4.74 Å². The number of hydrogen-bond acceptors (Lipinski definition) is 3. The fourth-order valence-corrected chi connectivity index (χ4v) is 4.90. The van der Waals surface area contributed by atoms with E-state index in [9.17, 15) is 9.59 Å². The Hall–Kier alpha value is -3.40. The van der Waals surface area contributed by atoms with Crippen LogP contribution < -0.4 is 0 Å². The number of fused-ring (bicyclic) bond motifs is 1. The van der Waals surface area contributed by atoms with Crippen molar-refractivity contribution in [3.05, 3.63) is 107 Å². The fraction of sp³-hybridized carbons (Fsp3) is 0.259. The highest BCUT2D eigenvalue weighted by Gasteiger charge is 2.47. The maximum Gasteiger partial charge on any atom is 0.417 e. The monoisotopic (exact) mass is 411 g/mol. The lowest BCUT2D eigenvalue weighted by molar-refractivity contribution is -0.130. The summed E-state index contributed by atoms with van der Waals surface area (Å²) in [6.45, 7) is 0. The van der Waals surface area contributed by atoms with Crippen molar-refractivity contribution in [3.63, 3.8) is 0 Å². The molecule has 1 saturated heterocycles. The fourth-order valence-electron chi connectivity index (χ4n) is 4.90. The predicted molar refractivity (Wildman–Crippen MR) is 118 cm³/mol. The van der Waals surface area contributed by atoms with E-state index in [0.717, 1.165) is 30.4 Å². The number of benzene rings is 3. The summed E-state index contributed by atoms with van der Waals surface area (Å²) in [4.78, 5) is 27.7. The van der Waals surface area contributed by atoms with E-state index in [4.69, 9.17) is 4.74 Å². The van der Waals surface area contributed by atoms with Crippen molar-refractivity contribution in [3.8, 4) is 0 Å². The van der Waals surface area contributed by atoms with E-state index in [1.54, 1.807) is 0 Å². The van der Waals surface area contributed by atoms with Crippen LogP contribution in [0.2, 0.25) is 0 Å². The molecule has 2 amide bonds. The Kier molecular flexibility index (Phi) is 5.29. The van der Waals surface area contributed by atoms with Gasteiger partial charge in [0.2, 0.25) is 5.91 Å². The molecule has 1 aliphatic heterocycles. The predicted octanol–water partition coefficient (Wildman–Crippen LogP) is 5.64. The van der Waals surface area contributed by atoms with Gasteiger partial charge in [-0.25, -0.2) is 9.69 Å². The molecule has 4 nitrogen and oxygen atoms in total. The van der Waals surface area contributed by atoms with Crippen molar-refractivity contribution in [2.24, 2.45) is 5.92 Å². The van der Waals surface area contributed by atoms with Crippen molar-refractivity contribution in [1.82, 2.24) is 4.90 Å². The number of carbonyl (C=O) groups excluding carboxylic acids is 2. The summed E-state index contributed by atoms with van der Waals surface area (Å²) in [6.07, 6.45) is 2.12. The molecule has 0 bridgehead atoms. The molecule has 3 atom stereocenters. The smallest absolute Gasteiger partial charge is 0.417 e. The molecule has 1 aliphatic carbocycles. The number of aryl methyl sites for hydroxylation is 1. The zero-order valence-electron chi connectivity index (χ0n) is 17.3. The van der Waals surface area contributed by atoms with E-state index in [0.29, 0.717) is 6.42 Å². The van der Waals surface area contributed by atoms with E-state index in [1.165, 1.54) is 16.0 Å². The lowest BCUT2D eigenvalue weighted by Crippen LogP contribution is -2.36. The number of imide groups is 1. The molecule has 31 heavy (non-hydrogen) atoms. The SMILES string of the molecule is O=C(C[C@H]1CCc2ccccc2C1)N1C(=O)O[C@@H](c2ccccc2)[C@H]1c1ccccc1. The van der Waals surface area contributed by atoms with Crippen molar-refractivity contribution >= 4 is 12.0 Å². The lowest BCUT2D eigenvalue weighted by atomic mass is 9.82. The Morgan fingerprint density at radius 3 is 2.16 bits per heavy atom. The number of carbonyl (C=O) groups is 2. The van der Waals surface area contributed by atoms with E-state index < -0.39 is 18.2 Å². The highest BCUT2D eigenvalue weighted by Crippen LogP contribution is 2.43. The van der Waals surface area contributed by atoms with Gasteiger partial charge in [0.1, 0.15) is 6.04 Å². The first-order valence-electron chi connectivity index (χ1n) is 10.9. The van der Waals surface area contributed by atoms with Gasteiger partial charge in [-0.15, -0.1) is 0 Å². The van der Waals surface area contributed by atoms with Crippen LogP contribution >= 0.6 is 0 Å². The van der Waals surface area contributed by atoms with Crippen LogP contribution in [0.3, 0.4) is 0 Å². The molecule has 4 heteroatoms. The van der Waals surface area contributed by atoms with Crippen LogP contribution in [0.5, 0.6) is 0 Å². The average Bonchev–Trinajstić information content (AvgIpc) is 3.17. The summed E-state index contributed by atoms with van der Waals surface area (Å²) in [5.41, 5.74) is 4.49. The minimum atomic E-state index is -0.552. The molecule has 0 unspecified atom stereocenters. The van der Waals surface area contributed by atoms with Crippen LogP contribution in [0.25, 0.3) is 0 Å². The van der Waals surface area contributed by atoms with Gasteiger partial charge >= 0.3 is 6.09 Å². The average molecular weight is 412 g/mol. The zero-order chi connectivity index (χ0) is 21.2. The Bertz CT molecular complexity index is 1080. The molecule has 0 spiro atoms. The van der Waals surface area contributed by atoms with E-state index in [2.05, 4.69) is 24.3 Å². The number of rotatable bonds is 4. The molecule has 2 aliphatic rings. The van der Waals surface area contributed by atoms with Gasteiger partial charge in [0.05, 0.1) is 0 Å². The van der Waals surface area contributed by atoms with Gasteiger partial charge in [0.25, 0.3) is 0 Å². The largest absolute Gasteiger partial charge is 0.438 e. The van der Waals surface area contributed by atoms with Gasteiger partial charge in [-0.05, 0) is 47.4 Å². The van der Waals surface area contributed by atoms with Crippen molar-refractivity contribution in [1.29, 1.82) is 0 Å². The molecule has 0 radical (unpaired) electrons. The standard InChI is InChI=1S/C27H25NO3/c29-24(18-19-15-16-20-9-7-8-14-23(20)17-19)28-25(21-10-3-1-4-11-21)26(31-27(28)30)22-12-5-2-6-13-22/h1-14,19,25-26H,15-18H2/t19-,25+,26-/m0/s1. The molecule has 0 N–H and O–H groups in total. The minimum absolute atomic E-state index is 0.151. The zero-order valence-corrected chi connectivity index (χ0v) is 17.3. The summed E-state index contributed by atoms with van der Waals surface area (Å²) in [5.74, 6) is 0.0871. The molecular formula is C27H25NO3. The van der Waals surface area contributed by atoms with Gasteiger partial charge in [0, 0.05) is 6.42 Å². The normalized spacial score (nSPS) is 22.6. The molecule has 0 saturated carbocycles. The van der Waals surface area contributed by atoms with Crippen LogP contribution in [0.15, 0.2) is 84.9 Å². The van der Waals surface area contributed by atoms with Crippen molar-refractivity contribution < 1.29 is 14.3 Å². The Morgan fingerprint density at radius 1 is 0.839 bits per heavy atom. The Morgan fingerprint density at radius 2 is 1.45 bits per heavy atom. The minimum Gasteiger partial charge on any atom is -0.438 e. The first kappa shape index (κ1) is 19.6. The van der Waals surface area contributed by atoms with Crippen LogP contribution in [-0.2, 0) is 22.4 Å². The summed E-state index contributed by atoms with van der Waals surface area (Å²) in [5, 5.41) is 0. The van der Waals surface area contributed by atoms with Gasteiger partial charge in [-0.3, -0.25) is 4.79 Å². The second kappa shape index (κ2) is 8.38. The number of hydrogen-bond donors (Lipinski definition) is 0. The maximum absolute atomic E-state index is 13.4. The highest BCUT2D eigenvalue weighted by atomic mass is 16.6. The van der Waals surface area contributed by atoms with Crippen molar-refractivity contribution in [2.45, 2.75) is 37.8 Å². The number of ether oxygens (including phenoxy) is 1. The van der Waals surface area contributed by atoms with Crippen LogP contribution in [0.4, 0.5) is 4.79 Å². The second-order valence-corrected chi connectivity index (χ2v) is 8.42. The van der Waals surface area contributed by atoms with E-state index >= 15 is 0 Å². The molecule has 3 aromatic rings. The summed E-state index contributed by atoms with van der Waals surface area (Å²) in [6, 6.07) is 27.4. The maximum atomic E-state index is 13.4. The molecule has 1 heterocycles. The molecule has 156 valence electrons. The lowest BCUT2D eigenvalue weighted by Gasteiger charge is -2.28.